The van der Waals surface area contributed by atoms with Crippen LogP contribution in [0.5, 0.6) is 0 Å². The highest BCUT2D eigenvalue weighted by molar-refractivity contribution is 7.54. The lowest BCUT2D eigenvalue weighted by molar-refractivity contribution is -0.148. The molecule has 0 aliphatic heterocycles. The van der Waals surface area contributed by atoms with E-state index in [9.17, 15) is 4.79 Å². The molecule has 3 rings (SSSR count). The summed E-state index contributed by atoms with van der Waals surface area (Å²) in [6.45, 7) is 17.3. The van der Waals surface area contributed by atoms with Crippen LogP contribution in [0.1, 0.15) is 112 Å². The summed E-state index contributed by atoms with van der Waals surface area (Å²) in [5, 5.41) is 0. The lowest BCUT2D eigenvalue weighted by Gasteiger charge is -2.42. The number of hydrogen-bond donors (Lipinski definition) is 0. The Morgan fingerprint density at radius 3 is 1.87 bits per heavy atom. The number of nitrogens with zero attached hydrogens (tertiary/aromatic N) is 1. The summed E-state index contributed by atoms with van der Waals surface area (Å²) in [6, 6.07) is 3.58. The van der Waals surface area contributed by atoms with Crippen LogP contribution in [0.3, 0.4) is 0 Å². The molecule has 0 N–H and O–H groups in total. The summed E-state index contributed by atoms with van der Waals surface area (Å²) in [4.78, 5) is 17.3. The van der Waals surface area contributed by atoms with Gasteiger partial charge in [-0.15, -0.1) is 0 Å². The van der Waals surface area contributed by atoms with Gasteiger partial charge in [-0.2, -0.15) is 0 Å². The molecule has 1 aromatic rings. The molecule has 38 heavy (non-hydrogen) atoms. The number of hydrogen-bond acceptors (Lipinski definition) is 6. The lowest BCUT2D eigenvalue weighted by Crippen LogP contribution is -2.35. The van der Waals surface area contributed by atoms with Gasteiger partial charge in [-0.05, 0) is 86.0 Å². The molecule has 1 aromatic heterocycles. The van der Waals surface area contributed by atoms with E-state index in [1.54, 1.807) is 18.5 Å². The number of aromatic nitrogens is 1. The first kappa shape index (κ1) is 31.3. The van der Waals surface area contributed by atoms with Crippen LogP contribution in [0.4, 0.5) is 0 Å². The number of carbonyl (C=O) groups excluding carboxylic acids is 1. The summed E-state index contributed by atoms with van der Waals surface area (Å²) in [6.07, 6.45) is 9.09. The van der Waals surface area contributed by atoms with Crippen LogP contribution in [-0.4, -0.2) is 23.2 Å². The highest BCUT2D eigenvalue weighted by Crippen LogP contribution is 2.65. The fourth-order valence-corrected chi connectivity index (χ4v) is 8.36. The van der Waals surface area contributed by atoms with E-state index in [0.29, 0.717) is 29.2 Å². The Hall–Kier alpha value is -1.23. The summed E-state index contributed by atoms with van der Waals surface area (Å²) < 4.78 is 34.5. The van der Waals surface area contributed by atoms with Crippen LogP contribution in [0.15, 0.2) is 24.5 Å². The molecule has 0 spiro atoms. The minimum atomic E-state index is -3.96. The molecule has 2 aliphatic carbocycles. The van der Waals surface area contributed by atoms with Crippen LogP contribution >= 0.6 is 7.60 Å². The lowest BCUT2D eigenvalue weighted by atomic mass is 9.76. The van der Waals surface area contributed by atoms with E-state index in [-0.39, 0.29) is 36.4 Å². The van der Waals surface area contributed by atoms with Gasteiger partial charge in [0, 0.05) is 24.4 Å². The zero-order valence-corrected chi connectivity index (χ0v) is 25.9. The van der Waals surface area contributed by atoms with Crippen LogP contribution in [0.25, 0.3) is 0 Å². The second kappa shape index (κ2) is 13.9. The molecule has 1 heterocycles. The van der Waals surface area contributed by atoms with Crippen molar-refractivity contribution < 1.29 is 23.1 Å². The van der Waals surface area contributed by atoms with Crippen molar-refractivity contribution in [2.24, 2.45) is 41.4 Å². The molecule has 1 unspecified atom stereocenters. The third-order valence-electron chi connectivity index (χ3n) is 8.85. The van der Waals surface area contributed by atoms with Crippen LogP contribution in [0, 0.1) is 41.4 Å². The third-order valence-corrected chi connectivity index (χ3v) is 11.0. The van der Waals surface area contributed by atoms with Gasteiger partial charge >= 0.3 is 13.6 Å². The van der Waals surface area contributed by atoms with Gasteiger partial charge in [0.25, 0.3) is 0 Å². The van der Waals surface area contributed by atoms with Crippen molar-refractivity contribution in [2.75, 3.05) is 0 Å². The molecule has 6 nitrogen and oxygen atoms in total. The maximum Gasteiger partial charge on any atom is 0.376 e. The molecule has 2 saturated carbocycles. The van der Waals surface area contributed by atoms with Gasteiger partial charge in [0.1, 0.15) is 0 Å². The second-order valence-corrected chi connectivity index (χ2v) is 15.1. The third kappa shape index (κ3) is 8.38. The van der Waals surface area contributed by atoms with Gasteiger partial charge in [0.05, 0.1) is 12.2 Å². The fourth-order valence-electron chi connectivity index (χ4n) is 5.98. The summed E-state index contributed by atoms with van der Waals surface area (Å²) in [7, 11) is -3.96. The van der Waals surface area contributed by atoms with Gasteiger partial charge in [-0.25, -0.2) is 0 Å². The van der Waals surface area contributed by atoms with Crippen molar-refractivity contribution >= 4 is 13.6 Å². The quantitative estimate of drug-likeness (QED) is 0.203. The average molecular weight is 550 g/mol. The molecule has 0 amide bonds. The van der Waals surface area contributed by atoms with Crippen molar-refractivity contribution in [1.29, 1.82) is 0 Å². The summed E-state index contributed by atoms with van der Waals surface area (Å²) >= 11 is 0. The van der Waals surface area contributed by atoms with Crippen molar-refractivity contribution in [3.05, 3.63) is 30.1 Å². The smallest absolute Gasteiger partial charge is 0.376 e. The Kier molecular flexibility index (Phi) is 11.5. The Morgan fingerprint density at radius 2 is 1.45 bits per heavy atom. The Morgan fingerprint density at radius 1 is 0.921 bits per heavy atom. The number of ether oxygens (including phenoxy) is 1. The van der Waals surface area contributed by atoms with Gasteiger partial charge in [-0.3, -0.25) is 14.3 Å². The summed E-state index contributed by atoms with van der Waals surface area (Å²) in [5.41, 5.74) is 0.556. The first-order valence-electron chi connectivity index (χ1n) is 15.0. The van der Waals surface area contributed by atoms with E-state index in [1.807, 2.05) is 19.9 Å². The zero-order valence-electron chi connectivity index (χ0n) is 25.0. The topological polar surface area (TPSA) is 74.7 Å². The highest BCUT2D eigenvalue weighted by Gasteiger charge is 2.48. The van der Waals surface area contributed by atoms with Gasteiger partial charge in [0.15, 0.2) is 0 Å². The molecule has 0 bridgehead atoms. The first-order chi connectivity index (χ1) is 17.9. The Labute approximate surface area is 231 Å². The molecule has 0 radical (unpaired) electrons. The maximum absolute atomic E-state index is 15.2. The molecule has 216 valence electrons. The van der Waals surface area contributed by atoms with E-state index in [0.717, 1.165) is 38.5 Å². The molecule has 8 atom stereocenters. The number of esters is 1. The molecular formula is C31H52NO5P. The minimum absolute atomic E-state index is 0.119. The monoisotopic (exact) mass is 549 g/mol. The zero-order chi connectivity index (χ0) is 28.0. The average Bonchev–Trinajstić information content (AvgIpc) is 2.85. The largest absolute Gasteiger partial charge is 0.444 e. The molecule has 0 aromatic carbocycles. The van der Waals surface area contributed by atoms with Gasteiger partial charge < -0.3 is 13.8 Å². The highest BCUT2D eigenvalue weighted by atomic mass is 31.2. The first-order valence-corrected chi connectivity index (χ1v) is 16.6. The van der Waals surface area contributed by atoms with Gasteiger partial charge in [-0.1, -0.05) is 61.5 Å². The Bertz CT molecular complexity index is 882. The molecule has 0 saturated heterocycles. The van der Waals surface area contributed by atoms with Crippen molar-refractivity contribution in [1.82, 2.24) is 4.98 Å². The van der Waals surface area contributed by atoms with E-state index >= 15 is 4.57 Å². The van der Waals surface area contributed by atoms with Gasteiger partial charge in [0.2, 0.25) is 5.85 Å². The normalized spacial score (nSPS) is 30.8. The predicted octanol–water partition coefficient (Wildman–Crippen LogP) is 8.82. The van der Waals surface area contributed by atoms with E-state index in [4.69, 9.17) is 13.8 Å². The van der Waals surface area contributed by atoms with Crippen molar-refractivity contribution in [3.8, 4) is 0 Å². The second-order valence-electron chi connectivity index (χ2n) is 13.1. The fraction of sp³-hybridized carbons (Fsp3) is 0.806. The predicted molar refractivity (Wildman–Crippen MR) is 153 cm³/mol. The van der Waals surface area contributed by atoms with E-state index in [1.165, 1.54) is 0 Å². The SMILES string of the molecule is CC(C)CC(=O)O[C@H](c1cccnc1)P(=O)(O[C@@H]1C[C@H](C(C)C)CC[C@@H]1C)O[C@@H]1C[C@@H](C(C)C)CC[C@@H]1C. The Balaban J connectivity index is 2.00. The maximum atomic E-state index is 15.2. The number of carbonyl (C=O) groups is 1. The van der Waals surface area contributed by atoms with Crippen molar-refractivity contribution in [3.63, 3.8) is 0 Å². The molecule has 2 fully saturated rings. The van der Waals surface area contributed by atoms with E-state index < -0.39 is 19.4 Å². The van der Waals surface area contributed by atoms with Crippen molar-refractivity contribution in [2.45, 2.75) is 118 Å². The molecular weight excluding hydrogens is 497 g/mol. The summed E-state index contributed by atoms with van der Waals surface area (Å²) in [5.74, 6) is 1.14. The molecule has 2 aliphatic rings. The number of pyridine rings is 1. The minimum Gasteiger partial charge on any atom is -0.444 e. The number of rotatable bonds is 11. The molecule has 7 heteroatoms. The standard InChI is InChI=1S/C31H52NO5P/c1-20(2)16-30(33)35-31(27-10-9-15-32-19-27)38(34,36-28-17-25(21(3)4)13-11-23(28)7)37-29-18-26(22(5)6)14-12-24(29)8/h9-10,15,19-26,28-29,31H,11-14,16-18H2,1-8H3/t23-,24-,25-,26+,28+,29+,31-,38?/m0/s1. The van der Waals surface area contributed by atoms with Crippen LogP contribution < -0.4 is 0 Å². The van der Waals surface area contributed by atoms with E-state index in [2.05, 4.69) is 46.5 Å². The van der Waals surface area contributed by atoms with Crippen LogP contribution in [-0.2, 0) is 23.1 Å². The van der Waals surface area contributed by atoms with Crippen LogP contribution in [0.2, 0.25) is 0 Å².